The summed E-state index contributed by atoms with van der Waals surface area (Å²) in [5.74, 6) is -1.82. The number of hydrogen-bond acceptors (Lipinski definition) is 7. The molecule has 2 aromatic carbocycles. The van der Waals surface area contributed by atoms with Crippen LogP contribution in [0.2, 0.25) is 0 Å². The molecule has 0 N–H and O–H groups in total. The van der Waals surface area contributed by atoms with Crippen LogP contribution in [0, 0.1) is 0 Å². The number of ether oxygens (including phenoxy) is 5. The van der Waals surface area contributed by atoms with Crippen LogP contribution >= 0.6 is 0 Å². The van der Waals surface area contributed by atoms with E-state index in [1.54, 1.807) is 9.80 Å². The molecule has 2 aromatic rings. The molecule has 0 spiro atoms. The minimum Gasteiger partial charge on any atom is -0.441 e. The predicted molar refractivity (Wildman–Crippen MR) is 143 cm³/mol. The normalized spacial score (nSPS) is 33.5. The van der Waals surface area contributed by atoms with Gasteiger partial charge in [0, 0.05) is 5.69 Å². The van der Waals surface area contributed by atoms with Gasteiger partial charge >= 0.3 is 6.09 Å². The molecule has 6 atom stereocenters. The maximum atomic E-state index is 13.8. The number of hydrogen-bond donors (Lipinski definition) is 0. The van der Waals surface area contributed by atoms with E-state index in [-0.39, 0.29) is 19.1 Å². The Kier molecular flexibility index (Phi) is 6.50. The Bertz CT molecular complexity index is 1250. The van der Waals surface area contributed by atoms with Crippen molar-refractivity contribution in [2.24, 2.45) is 0 Å². The fraction of sp³-hybridized carbons (Fsp3) is 0.467. The first-order chi connectivity index (χ1) is 18.6. The van der Waals surface area contributed by atoms with Gasteiger partial charge in [0.05, 0.1) is 19.3 Å². The lowest BCUT2D eigenvalue weighted by Gasteiger charge is -2.50. The van der Waals surface area contributed by atoms with E-state index in [0.717, 1.165) is 11.3 Å². The molecule has 0 aliphatic carbocycles. The molecule has 0 saturated carbocycles. The van der Waals surface area contributed by atoms with E-state index in [9.17, 15) is 9.59 Å². The van der Waals surface area contributed by atoms with Crippen molar-refractivity contribution in [3.8, 4) is 0 Å². The van der Waals surface area contributed by atoms with E-state index in [4.69, 9.17) is 23.7 Å². The molecule has 0 aromatic heterocycles. The SMILES string of the molecule is CC1(C)OC[C@H]([C@H]2OC(=O)N([C@@H]3C(=O)N(c4ccccc4)[C@H]3/C=C/c3ccccc3)[C@@H]2[C@H]2COC(C)(C)O2)O1. The van der Waals surface area contributed by atoms with Gasteiger partial charge in [0.1, 0.15) is 24.3 Å². The molecule has 4 aliphatic heterocycles. The third-order valence-corrected chi connectivity index (χ3v) is 7.65. The van der Waals surface area contributed by atoms with Gasteiger partial charge in [-0.2, -0.15) is 0 Å². The number of para-hydroxylation sites is 1. The summed E-state index contributed by atoms with van der Waals surface area (Å²) in [5.41, 5.74) is 1.76. The van der Waals surface area contributed by atoms with Crippen molar-refractivity contribution in [1.29, 1.82) is 0 Å². The van der Waals surface area contributed by atoms with Crippen LogP contribution in [0.1, 0.15) is 33.3 Å². The Hall–Kier alpha value is -3.24. The fourth-order valence-corrected chi connectivity index (χ4v) is 5.90. The first-order valence-corrected chi connectivity index (χ1v) is 13.4. The molecule has 9 heteroatoms. The van der Waals surface area contributed by atoms with Crippen LogP contribution in [0.15, 0.2) is 66.7 Å². The highest BCUT2D eigenvalue weighted by Crippen LogP contribution is 2.42. The summed E-state index contributed by atoms with van der Waals surface area (Å²) in [6.07, 6.45) is 1.66. The second-order valence-corrected chi connectivity index (χ2v) is 11.2. The van der Waals surface area contributed by atoms with Gasteiger partial charge in [0.25, 0.3) is 5.91 Å². The number of benzene rings is 2. The monoisotopic (exact) mass is 534 g/mol. The molecule has 206 valence electrons. The molecule has 2 amide bonds. The summed E-state index contributed by atoms with van der Waals surface area (Å²) in [4.78, 5) is 30.7. The standard InChI is InChI=1S/C30H34N2O7/c1-29(2)35-17-22(38-29)25-26(23-18-36-30(3,4)39-23)37-28(34)32(25)24-21(16-15-19-11-7-5-8-12-19)31(27(24)33)20-13-9-6-10-14-20/h5-16,21-26H,17-18H2,1-4H3/b16-15+/t21-,22+,23+,24-,25+,26+/m0/s1. The lowest BCUT2D eigenvalue weighted by molar-refractivity contribution is -0.163. The average molecular weight is 535 g/mol. The Morgan fingerprint density at radius 2 is 1.41 bits per heavy atom. The van der Waals surface area contributed by atoms with Crippen molar-refractivity contribution in [2.75, 3.05) is 18.1 Å². The quantitative estimate of drug-likeness (QED) is 0.519. The van der Waals surface area contributed by atoms with E-state index in [0.29, 0.717) is 0 Å². The van der Waals surface area contributed by atoms with Crippen LogP contribution in [0.3, 0.4) is 0 Å². The number of carbonyl (C=O) groups excluding carboxylic acids is 2. The van der Waals surface area contributed by atoms with Crippen molar-refractivity contribution in [2.45, 2.75) is 75.7 Å². The largest absolute Gasteiger partial charge is 0.441 e. The zero-order chi connectivity index (χ0) is 27.4. The molecule has 6 rings (SSSR count). The Morgan fingerprint density at radius 3 is 2.00 bits per heavy atom. The van der Waals surface area contributed by atoms with Crippen molar-refractivity contribution < 1.29 is 33.3 Å². The summed E-state index contributed by atoms with van der Waals surface area (Å²) >= 11 is 0. The molecule has 4 heterocycles. The first-order valence-electron chi connectivity index (χ1n) is 13.4. The number of nitrogens with zero attached hydrogens (tertiary/aromatic N) is 2. The summed E-state index contributed by atoms with van der Waals surface area (Å²) in [7, 11) is 0. The van der Waals surface area contributed by atoms with Gasteiger partial charge in [-0.25, -0.2) is 4.79 Å². The van der Waals surface area contributed by atoms with Crippen molar-refractivity contribution in [1.82, 2.24) is 4.90 Å². The fourth-order valence-electron chi connectivity index (χ4n) is 5.90. The number of amides is 2. The molecule has 4 fully saturated rings. The lowest BCUT2D eigenvalue weighted by Crippen LogP contribution is -2.73. The first kappa shape index (κ1) is 26.0. The number of anilines is 1. The van der Waals surface area contributed by atoms with Gasteiger partial charge in [0.15, 0.2) is 17.7 Å². The maximum Gasteiger partial charge on any atom is 0.411 e. The zero-order valence-corrected chi connectivity index (χ0v) is 22.6. The van der Waals surface area contributed by atoms with Crippen LogP contribution in [0.25, 0.3) is 6.08 Å². The molecule has 0 radical (unpaired) electrons. The van der Waals surface area contributed by atoms with E-state index < -0.39 is 54.1 Å². The van der Waals surface area contributed by atoms with Gasteiger partial charge in [-0.3, -0.25) is 9.69 Å². The summed E-state index contributed by atoms with van der Waals surface area (Å²) in [5, 5.41) is 0. The predicted octanol–water partition coefficient (Wildman–Crippen LogP) is 3.98. The van der Waals surface area contributed by atoms with E-state index in [1.807, 2.05) is 101 Å². The van der Waals surface area contributed by atoms with Crippen LogP contribution in [-0.4, -0.2) is 78.1 Å². The Morgan fingerprint density at radius 1 is 0.821 bits per heavy atom. The number of β-lactam (4-membered cyclic amide) rings is 1. The van der Waals surface area contributed by atoms with Gasteiger partial charge in [0.2, 0.25) is 0 Å². The number of cyclic esters (lactones) is 1. The molecule has 39 heavy (non-hydrogen) atoms. The second-order valence-electron chi connectivity index (χ2n) is 11.2. The summed E-state index contributed by atoms with van der Waals surface area (Å²) in [6.45, 7) is 7.84. The lowest BCUT2D eigenvalue weighted by atomic mass is 9.88. The molecular weight excluding hydrogens is 500 g/mol. The van der Waals surface area contributed by atoms with Crippen molar-refractivity contribution in [3.63, 3.8) is 0 Å². The van der Waals surface area contributed by atoms with Gasteiger partial charge in [-0.05, 0) is 45.4 Å². The molecule has 4 saturated heterocycles. The third-order valence-electron chi connectivity index (χ3n) is 7.65. The highest BCUT2D eigenvalue weighted by molar-refractivity contribution is 6.08. The van der Waals surface area contributed by atoms with Crippen molar-refractivity contribution >= 4 is 23.8 Å². The third kappa shape index (κ3) is 4.84. The maximum absolute atomic E-state index is 13.8. The molecule has 0 bridgehead atoms. The molecule has 4 aliphatic rings. The highest BCUT2D eigenvalue weighted by Gasteiger charge is 2.62. The minimum atomic E-state index is -0.828. The number of carbonyl (C=O) groups is 2. The topological polar surface area (TPSA) is 86.8 Å². The van der Waals surface area contributed by atoms with Crippen LogP contribution in [0.4, 0.5) is 10.5 Å². The van der Waals surface area contributed by atoms with Crippen LogP contribution < -0.4 is 4.90 Å². The van der Waals surface area contributed by atoms with Gasteiger partial charge < -0.3 is 28.6 Å². The van der Waals surface area contributed by atoms with E-state index in [1.165, 1.54) is 0 Å². The molecule has 0 unspecified atom stereocenters. The highest BCUT2D eigenvalue weighted by atomic mass is 16.8. The zero-order valence-electron chi connectivity index (χ0n) is 22.6. The molecule has 9 nitrogen and oxygen atoms in total. The summed E-state index contributed by atoms with van der Waals surface area (Å²) in [6, 6.07) is 17.5. The number of rotatable bonds is 6. The van der Waals surface area contributed by atoms with Crippen LogP contribution in [0.5, 0.6) is 0 Å². The van der Waals surface area contributed by atoms with Gasteiger partial charge in [-0.15, -0.1) is 0 Å². The van der Waals surface area contributed by atoms with E-state index >= 15 is 0 Å². The van der Waals surface area contributed by atoms with Crippen molar-refractivity contribution in [3.05, 3.63) is 72.3 Å². The molecular formula is C30H34N2O7. The Labute approximate surface area is 228 Å². The minimum absolute atomic E-state index is 0.186. The van der Waals surface area contributed by atoms with Crippen LogP contribution in [-0.2, 0) is 28.5 Å². The second kappa shape index (κ2) is 9.75. The van der Waals surface area contributed by atoms with E-state index in [2.05, 4.69) is 0 Å². The smallest absolute Gasteiger partial charge is 0.411 e. The Balaban J connectivity index is 1.36. The average Bonchev–Trinajstić information content (AvgIpc) is 3.56. The van der Waals surface area contributed by atoms with Gasteiger partial charge in [-0.1, -0.05) is 60.7 Å². The summed E-state index contributed by atoms with van der Waals surface area (Å²) < 4.78 is 30.0.